The molecule has 6 nitrogen and oxygen atoms in total. The molecule has 0 aliphatic carbocycles. The van der Waals surface area contributed by atoms with Gasteiger partial charge >= 0.3 is 5.97 Å². The molecule has 16 heavy (non-hydrogen) atoms. The Hall–Kier alpha value is -1.53. The lowest BCUT2D eigenvalue weighted by Crippen LogP contribution is -2.37. The summed E-state index contributed by atoms with van der Waals surface area (Å²) < 4.78 is 8.99. The van der Waals surface area contributed by atoms with E-state index < -0.39 is 18.0 Å². The second kappa shape index (κ2) is 5.53. The van der Waals surface area contributed by atoms with Crippen molar-refractivity contribution in [1.82, 2.24) is 5.32 Å². The largest absolute Gasteiger partial charge is 0.467 e. The lowest BCUT2D eigenvalue weighted by atomic mass is 10.3. The molecular formula is C9H10ClNO5. The van der Waals surface area contributed by atoms with E-state index in [4.69, 9.17) is 16.0 Å². The Morgan fingerprint density at radius 3 is 2.88 bits per heavy atom. The van der Waals surface area contributed by atoms with E-state index in [9.17, 15) is 14.7 Å². The van der Waals surface area contributed by atoms with Crippen LogP contribution in [0.25, 0.3) is 0 Å². The Bertz CT molecular complexity index is 389. The highest BCUT2D eigenvalue weighted by molar-refractivity contribution is 6.32. The summed E-state index contributed by atoms with van der Waals surface area (Å²) in [5.74, 6) is -1.36. The highest BCUT2D eigenvalue weighted by Crippen LogP contribution is 2.15. The van der Waals surface area contributed by atoms with Crippen LogP contribution in [0.1, 0.15) is 10.4 Å². The van der Waals surface area contributed by atoms with Crippen molar-refractivity contribution in [1.29, 1.82) is 0 Å². The number of hydrogen-bond acceptors (Lipinski definition) is 5. The van der Waals surface area contributed by atoms with Gasteiger partial charge in [0.2, 0.25) is 5.22 Å². The van der Waals surface area contributed by atoms with Crippen LogP contribution in [-0.4, -0.2) is 36.7 Å². The number of furan rings is 1. The predicted octanol–water partition coefficient (Wildman–Crippen LogP) is 0.197. The lowest BCUT2D eigenvalue weighted by molar-refractivity contribution is -0.149. The second-order valence-corrected chi connectivity index (χ2v) is 3.20. The molecule has 1 amide bonds. The van der Waals surface area contributed by atoms with Crippen molar-refractivity contribution in [2.75, 3.05) is 13.7 Å². The van der Waals surface area contributed by atoms with Gasteiger partial charge in [-0.05, 0) is 17.7 Å². The number of aliphatic hydroxyl groups is 1. The number of rotatable bonds is 4. The minimum Gasteiger partial charge on any atom is -0.467 e. The molecule has 0 aromatic carbocycles. The van der Waals surface area contributed by atoms with Gasteiger partial charge in [-0.25, -0.2) is 4.79 Å². The third-order valence-corrected chi connectivity index (χ3v) is 2.08. The molecule has 2 N–H and O–H groups in total. The average Bonchev–Trinajstić information content (AvgIpc) is 2.70. The summed E-state index contributed by atoms with van der Waals surface area (Å²) in [6.45, 7) is -0.257. The van der Waals surface area contributed by atoms with Gasteiger partial charge in [-0.15, -0.1) is 0 Å². The van der Waals surface area contributed by atoms with Crippen molar-refractivity contribution in [3.8, 4) is 0 Å². The fraction of sp³-hybridized carbons (Fsp3) is 0.333. The minimum absolute atomic E-state index is 0.0509. The number of nitrogens with one attached hydrogen (secondary N) is 1. The summed E-state index contributed by atoms with van der Waals surface area (Å²) >= 11 is 5.56. The predicted molar refractivity (Wildman–Crippen MR) is 54.1 cm³/mol. The Morgan fingerprint density at radius 1 is 1.69 bits per heavy atom. The van der Waals surface area contributed by atoms with E-state index in [1.54, 1.807) is 0 Å². The van der Waals surface area contributed by atoms with Crippen molar-refractivity contribution in [2.24, 2.45) is 0 Å². The molecule has 1 atom stereocenters. The first-order valence-corrected chi connectivity index (χ1v) is 4.71. The summed E-state index contributed by atoms with van der Waals surface area (Å²) in [6, 6.07) is 1.38. The number of esters is 1. The molecule has 0 aliphatic rings. The van der Waals surface area contributed by atoms with Gasteiger partial charge in [-0.1, -0.05) is 0 Å². The zero-order chi connectivity index (χ0) is 12.1. The van der Waals surface area contributed by atoms with Crippen LogP contribution in [0.15, 0.2) is 16.7 Å². The quantitative estimate of drug-likeness (QED) is 0.742. The van der Waals surface area contributed by atoms with Gasteiger partial charge in [-0.2, -0.15) is 0 Å². The molecule has 1 rings (SSSR count). The van der Waals surface area contributed by atoms with Gasteiger partial charge in [-0.3, -0.25) is 4.79 Å². The number of halogens is 1. The van der Waals surface area contributed by atoms with E-state index in [0.717, 1.165) is 7.11 Å². The van der Waals surface area contributed by atoms with Crippen molar-refractivity contribution < 1.29 is 23.8 Å². The maximum Gasteiger partial charge on any atom is 0.336 e. The average molecular weight is 248 g/mol. The first-order chi connectivity index (χ1) is 7.56. The SMILES string of the molecule is COC(=O)C(O)CNC(=O)c1ccoc1Cl. The molecule has 0 spiro atoms. The number of amides is 1. The molecule has 0 radical (unpaired) electrons. The van der Waals surface area contributed by atoms with Gasteiger partial charge in [0.15, 0.2) is 6.10 Å². The van der Waals surface area contributed by atoms with Crippen molar-refractivity contribution in [3.05, 3.63) is 23.1 Å². The fourth-order valence-electron chi connectivity index (χ4n) is 0.960. The van der Waals surface area contributed by atoms with Crippen molar-refractivity contribution >= 4 is 23.5 Å². The fourth-order valence-corrected chi connectivity index (χ4v) is 1.16. The van der Waals surface area contributed by atoms with E-state index in [2.05, 4.69) is 10.1 Å². The van der Waals surface area contributed by atoms with Crippen LogP contribution in [-0.2, 0) is 9.53 Å². The third kappa shape index (κ3) is 2.98. The van der Waals surface area contributed by atoms with Crippen LogP contribution in [0.3, 0.4) is 0 Å². The van der Waals surface area contributed by atoms with Gasteiger partial charge in [0.05, 0.1) is 25.5 Å². The molecule has 88 valence electrons. The molecule has 1 aromatic heterocycles. The van der Waals surface area contributed by atoms with E-state index in [1.165, 1.54) is 12.3 Å². The maximum absolute atomic E-state index is 11.4. The Balaban J connectivity index is 2.48. The van der Waals surface area contributed by atoms with Crippen LogP contribution in [0, 0.1) is 0 Å². The minimum atomic E-state index is -1.40. The standard InChI is InChI=1S/C9H10ClNO5/c1-15-9(14)6(12)4-11-8(13)5-2-3-16-7(5)10/h2-3,6,12H,4H2,1H3,(H,11,13). The molecule has 0 saturated heterocycles. The summed E-state index contributed by atoms with van der Waals surface area (Å²) in [6.07, 6.45) is -0.145. The highest BCUT2D eigenvalue weighted by atomic mass is 35.5. The van der Waals surface area contributed by atoms with Crippen LogP contribution >= 0.6 is 11.6 Å². The number of methoxy groups -OCH3 is 1. The second-order valence-electron chi connectivity index (χ2n) is 2.86. The number of ether oxygens (including phenoxy) is 1. The molecule has 0 bridgehead atoms. The molecular weight excluding hydrogens is 238 g/mol. The Kier molecular flexibility index (Phi) is 4.33. The van der Waals surface area contributed by atoms with Crippen molar-refractivity contribution in [2.45, 2.75) is 6.10 Å². The van der Waals surface area contributed by atoms with Gasteiger partial charge in [0.25, 0.3) is 5.91 Å². The normalized spacial score (nSPS) is 11.9. The Labute approximate surface area is 96.1 Å². The molecule has 0 saturated carbocycles. The number of carbonyl (C=O) groups is 2. The number of aliphatic hydroxyl groups excluding tert-OH is 1. The molecule has 1 aromatic rings. The number of carbonyl (C=O) groups excluding carboxylic acids is 2. The van der Waals surface area contributed by atoms with E-state index in [0.29, 0.717) is 0 Å². The van der Waals surface area contributed by atoms with E-state index in [1.807, 2.05) is 0 Å². The Morgan fingerprint density at radius 2 is 2.38 bits per heavy atom. The van der Waals surface area contributed by atoms with Crippen LogP contribution in [0.4, 0.5) is 0 Å². The zero-order valence-corrected chi connectivity index (χ0v) is 9.15. The van der Waals surface area contributed by atoms with Crippen LogP contribution in [0.5, 0.6) is 0 Å². The molecule has 1 heterocycles. The molecule has 0 fully saturated rings. The van der Waals surface area contributed by atoms with Gasteiger partial charge in [0, 0.05) is 0 Å². The van der Waals surface area contributed by atoms with E-state index >= 15 is 0 Å². The maximum atomic E-state index is 11.4. The zero-order valence-electron chi connectivity index (χ0n) is 8.40. The topological polar surface area (TPSA) is 88.8 Å². The molecule has 1 unspecified atom stereocenters. The molecule has 0 aliphatic heterocycles. The summed E-state index contributed by atoms with van der Waals surface area (Å²) in [7, 11) is 1.14. The van der Waals surface area contributed by atoms with Crippen LogP contribution in [0.2, 0.25) is 5.22 Å². The highest BCUT2D eigenvalue weighted by Gasteiger charge is 2.18. The first-order valence-electron chi connectivity index (χ1n) is 4.33. The van der Waals surface area contributed by atoms with Crippen LogP contribution < -0.4 is 5.32 Å². The van der Waals surface area contributed by atoms with Gasteiger partial charge < -0.3 is 19.6 Å². The van der Waals surface area contributed by atoms with Crippen molar-refractivity contribution in [3.63, 3.8) is 0 Å². The van der Waals surface area contributed by atoms with Gasteiger partial charge in [0.1, 0.15) is 0 Å². The first kappa shape index (κ1) is 12.5. The summed E-state index contributed by atoms with van der Waals surface area (Å²) in [4.78, 5) is 22.2. The summed E-state index contributed by atoms with van der Waals surface area (Å²) in [5, 5.41) is 11.4. The lowest BCUT2D eigenvalue weighted by Gasteiger charge is -2.08. The monoisotopic (exact) mass is 247 g/mol. The summed E-state index contributed by atoms with van der Waals surface area (Å²) in [5.41, 5.74) is 0.138. The molecule has 7 heteroatoms. The van der Waals surface area contributed by atoms with E-state index in [-0.39, 0.29) is 17.3 Å². The third-order valence-electron chi connectivity index (χ3n) is 1.79. The number of hydrogen-bond donors (Lipinski definition) is 2. The smallest absolute Gasteiger partial charge is 0.336 e.